The largest absolute Gasteiger partial charge is 0.270 e. The fourth-order valence-electron chi connectivity index (χ4n) is 7.29. The Kier molecular flexibility index (Phi) is 5.30. The van der Waals surface area contributed by atoms with Gasteiger partial charge < -0.3 is 0 Å². The monoisotopic (exact) mass is 606 g/mol. The van der Waals surface area contributed by atoms with Crippen LogP contribution in [0.5, 0.6) is 0 Å². The van der Waals surface area contributed by atoms with Crippen LogP contribution in [0.4, 0.5) is 8.78 Å². The highest BCUT2D eigenvalue weighted by Gasteiger charge is 2.37. The molecule has 0 saturated heterocycles. The van der Waals surface area contributed by atoms with Crippen molar-refractivity contribution < 1.29 is 28.0 Å². The number of nitrogens with zero attached hydrogens (tertiary/aromatic N) is 2. The van der Waals surface area contributed by atoms with Crippen molar-refractivity contribution in [3.05, 3.63) is 142 Å². The maximum atomic E-state index is 13.9. The number of amides is 4. The van der Waals surface area contributed by atoms with Gasteiger partial charge in [-0.2, -0.15) is 0 Å². The van der Waals surface area contributed by atoms with Gasteiger partial charge >= 0.3 is 0 Å². The minimum Gasteiger partial charge on any atom is -0.270 e. The minimum absolute atomic E-state index is 0.0636. The van der Waals surface area contributed by atoms with Crippen molar-refractivity contribution >= 4 is 66.7 Å². The van der Waals surface area contributed by atoms with Crippen LogP contribution in [0.25, 0.3) is 43.1 Å². The molecule has 0 unspecified atom stereocenters. The number of fused-ring (bicyclic) bond motifs is 2. The van der Waals surface area contributed by atoms with Crippen LogP contribution in [-0.2, 0) is 13.1 Å². The van der Waals surface area contributed by atoms with Crippen molar-refractivity contribution in [3.63, 3.8) is 0 Å². The zero-order chi connectivity index (χ0) is 31.4. The first kappa shape index (κ1) is 26.4. The SMILES string of the molecule is O=C1c2ccc3c4ccc5c6c(ccc(c7ccc(c2c37)C(=O)N1Cc1cccc(F)c1)c64)C(=O)N(Cc1cccc(F)c1)C5=O. The van der Waals surface area contributed by atoms with Crippen molar-refractivity contribution in [2.24, 2.45) is 0 Å². The average molecular weight is 607 g/mol. The van der Waals surface area contributed by atoms with E-state index in [1.807, 2.05) is 24.3 Å². The molecule has 220 valence electrons. The lowest BCUT2D eigenvalue weighted by Crippen LogP contribution is -2.40. The predicted octanol–water partition coefficient (Wildman–Crippen LogP) is 7.61. The van der Waals surface area contributed by atoms with Gasteiger partial charge in [0, 0.05) is 33.0 Å². The molecule has 2 aliphatic heterocycles. The maximum Gasteiger partial charge on any atom is 0.261 e. The van der Waals surface area contributed by atoms with Gasteiger partial charge in [-0.05, 0) is 92.0 Å². The van der Waals surface area contributed by atoms with Crippen LogP contribution in [-0.4, -0.2) is 33.4 Å². The molecule has 9 rings (SSSR count). The summed E-state index contributed by atoms with van der Waals surface area (Å²) in [6.07, 6.45) is 0. The molecule has 7 aromatic rings. The predicted molar refractivity (Wildman–Crippen MR) is 169 cm³/mol. The van der Waals surface area contributed by atoms with E-state index in [0.717, 1.165) is 42.1 Å². The summed E-state index contributed by atoms with van der Waals surface area (Å²) >= 11 is 0. The van der Waals surface area contributed by atoms with Crippen LogP contribution in [0.2, 0.25) is 0 Å². The normalized spacial score (nSPS) is 14.6. The van der Waals surface area contributed by atoms with Gasteiger partial charge in [-0.1, -0.05) is 48.5 Å². The lowest BCUT2D eigenvalue weighted by Gasteiger charge is -2.30. The molecule has 46 heavy (non-hydrogen) atoms. The third-order valence-corrected chi connectivity index (χ3v) is 9.26. The van der Waals surface area contributed by atoms with Crippen LogP contribution in [0.15, 0.2) is 97.1 Å². The lowest BCUT2D eigenvalue weighted by molar-refractivity contribution is 0.0583. The third-order valence-electron chi connectivity index (χ3n) is 9.26. The van der Waals surface area contributed by atoms with Gasteiger partial charge in [-0.15, -0.1) is 0 Å². The summed E-state index contributed by atoms with van der Waals surface area (Å²) in [6, 6.07) is 25.8. The molecule has 0 saturated carbocycles. The number of carbonyl (C=O) groups excluding carboxylic acids is 4. The molecule has 2 aliphatic rings. The molecule has 0 fully saturated rings. The minimum atomic E-state index is -0.462. The first-order valence-electron chi connectivity index (χ1n) is 14.7. The first-order chi connectivity index (χ1) is 22.3. The summed E-state index contributed by atoms with van der Waals surface area (Å²) in [6.45, 7) is -0.127. The van der Waals surface area contributed by atoms with Crippen LogP contribution < -0.4 is 0 Å². The van der Waals surface area contributed by atoms with Crippen LogP contribution in [0.1, 0.15) is 52.6 Å². The molecule has 0 radical (unpaired) electrons. The maximum absolute atomic E-state index is 13.9. The topological polar surface area (TPSA) is 74.8 Å². The van der Waals surface area contributed by atoms with E-state index in [1.54, 1.807) is 48.5 Å². The number of halogens is 2. The number of hydrogen-bond acceptors (Lipinski definition) is 4. The summed E-state index contributed by atoms with van der Waals surface area (Å²) in [5, 5.41) is 5.74. The van der Waals surface area contributed by atoms with Crippen LogP contribution in [0, 0.1) is 11.6 Å². The Labute approximate surface area is 259 Å². The highest BCUT2D eigenvalue weighted by molar-refractivity contribution is 6.41. The summed E-state index contributed by atoms with van der Waals surface area (Å²) in [7, 11) is 0. The van der Waals surface area contributed by atoms with E-state index in [9.17, 15) is 28.0 Å². The molecular formula is C38H20F2N2O4. The van der Waals surface area contributed by atoms with Gasteiger partial charge in [0.15, 0.2) is 0 Å². The molecule has 8 heteroatoms. The summed E-state index contributed by atoms with van der Waals surface area (Å²) in [4.78, 5) is 57.4. The van der Waals surface area contributed by atoms with Gasteiger partial charge in [-0.3, -0.25) is 29.0 Å². The summed E-state index contributed by atoms with van der Waals surface area (Å²) < 4.78 is 27.8. The average Bonchev–Trinajstić information content (AvgIpc) is 3.05. The molecule has 0 N–H and O–H groups in total. The van der Waals surface area contributed by atoms with Crippen LogP contribution >= 0.6 is 0 Å². The van der Waals surface area contributed by atoms with Crippen molar-refractivity contribution in [3.8, 4) is 0 Å². The van der Waals surface area contributed by atoms with E-state index in [-0.39, 0.29) is 13.1 Å². The van der Waals surface area contributed by atoms with Crippen LogP contribution in [0.3, 0.4) is 0 Å². The molecule has 0 aromatic heterocycles. The van der Waals surface area contributed by atoms with Gasteiger partial charge in [0.25, 0.3) is 23.6 Å². The Bertz CT molecular complexity index is 2260. The quantitative estimate of drug-likeness (QED) is 0.117. The third kappa shape index (κ3) is 3.49. The van der Waals surface area contributed by atoms with E-state index in [2.05, 4.69) is 0 Å². The molecule has 0 aliphatic carbocycles. The second-order valence-corrected chi connectivity index (χ2v) is 11.8. The van der Waals surface area contributed by atoms with Crippen molar-refractivity contribution in [2.75, 3.05) is 0 Å². The highest BCUT2D eigenvalue weighted by atomic mass is 19.1. The lowest BCUT2D eigenvalue weighted by atomic mass is 9.82. The number of benzene rings is 7. The molecule has 0 spiro atoms. The van der Waals surface area contributed by atoms with E-state index in [1.165, 1.54) is 24.3 Å². The number of imide groups is 2. The van der Waals surface area contributed by atoms with Crippen molar-refractivity contribution in [1.82, 2.24) is 9.80 Å². The molecular weight excluding hydrogens is 586 g/mol. The van der Waals surface area contributed by atoms with E-state index >= 15 is 0 Å². The molecule has 0 bridgehead atoms. The van der Waals surface area contributed by atoms with Crippen molar-refractivity contribution in [2.45, 2.75) is 13.1 Å². The van der Waals surface area contributed by atoms with Crippen molar-refractivity contribution in [1.29, 1.82) is 0 Å². The summed E-state index contributed by atoms with van der Waals surface area (Å²) in [5.41, 5.74) is 2.50. The van der Waals surface area contributed by atoms with Gasteiger partial charge in [0.2, 0.25) is 0 Å². The van der Waals surface area contributed by atoms with Gasteiger partial charge in [-0.25, -0.2) is 8.78 Å². The zero-order valence-electron chi connectivity index (χ0n) is 23.9. The number of rotatable bonds is 4. The Morgan fingerprint density at radius 2 is 0.739 bits per heavy atom. The standard InChI is InChI=1S/C38H20F2N2O4/c39-21-5-1-3-19(15-21)17-41-35(43)27-11-7-23-25-9-13-29-34-30(38(46)42(37(29)45)18-20-4-2-6-22(40)16-20)14-10-26(32(25)34)24-8-12-28(36(41)44)33(27)31(23)24/h1-16H,17-18H2. The van der Waals surface area contributed by atoms with E-state index in [0.29, 0.717) is 44.2 Å². The van der Waals surface area contributed by atoms with E-state index in [4.69, 9.17) is 0 Å². The Morgan fingerprint density at radius 3 is 1.04 bits per heavy atom. The Hall–Kier alpha value is -6.02. The number of hydrogen-bond donors (Lipinski definition) is 0. The summed E-state index contributed by atoms with van der Waals surface area (Å²) in [5.74, 6) is -2.75. The molecule has 4 amide bonds. The molecule has 6 nitrogen and oxygen atoms in total. The smallest absolute Gasteiger partial charge is 0.261 e. The van der Waals surface area contributed by atoms with Gasteiger partial charge in [0.05, 0.1) is 13.1 Å². The fraction of sp³-hybridized carbons (Fsp3) is 0.0526. The molecule has 2 heterocycles. The van der Waals surface area contributed by atoms with Gasteiger partial charge in [0.1, 0.15) is 11.6 Å². The second kappa shape index (κ2) is 9.25. The fourth-order valence-corrected chi connectivity index (χ4v) is 7.29. The Morgan fingerprint density at radius 1 is 0.413 bits per heavy atom. The zero-order valence-corrected chi connectivity index (χ0v) is 23.9. The molecule has 7 aromatic carbocycles. The number of carbonyl (C=O) groups is 4. The first-order valence-corrected chi connectivity index (χ1v) is 14.7. The Balaban J connectivity index is 1.23. The van der Waals surface area contributed by atoms with E-state index < -0.39 is 35.3 Å². The second-order valence-electron chi connectivity index (χ2n) is 11.8. The molecule has 0 atom stereocenters. The highest BCUT2D eigenvalue weighted by Crippen LogP contribution is 2.46.